The van der Waals surface area contributed by atoms with Crippen molar-refractivity contribution in [2.75, 3.05) is 20.1 Å². The number of aliphatic hydroxyl groups is 1. The number of hydrogen-bond acceptors (Lipinski definition) is 3. The van der Waals surface area contributed by atoms with Crippen LogP contribution in [0, 0.1) is 5.82 Å². The number of carbonyl (C=O) groups is 1. The van der Waals surface area contributed by atoms with Gasteiger partial charge in [0.05, 0.1) is 12.5 Å². The van der Waals surface area contributed by atoms with Crippen LogP contribution < -0.4 is 0 Å². The third-order valence-electron chi connectivity index (χ3n) is 5.14. The molecule has 0 saturated carbocycles. The molecular formula is C22H27FN2O2. The maximum atomic E-state index is 13.2. The highest BCUT2D eigenvalue weighted by Gasteiger charge is 2.29. The lowest BCUT2D eigenvalue weighted by Gasteiger charge is -2.32. The molecule has 2 aromatic rings. The molecule has 1 heterocycles. The summed E-state index contributed by atoms with van der Waals surface area (Å²) < 4.78 is 13.2. The van der Waals surface area contributed by atoms with E-state index in [1.54, 1.807) is 12.1 Å². The second kappa shape index (κ2) is 9.11. The van der Waals surface area contributed by atoms with Gasteiger partial charge in [0.15, 0.2) is 0 Å². The van der Waals surface area contributed by atoms with E-state index in [-0.39, 0.29) is 24.2 Å². The molecule has 0 spiro atoms. The third kappa shape index (κ3) is 5.62. The van der Waals surface area contributed by atoms with Crippen molar-refractivity contribution in [3.63, 3.8) is 0 Å². The first kappa shape index (κ1) is 19.5. The molecule has 0 bridgehead atoms. The Morgan fingerprint density at radius 1 is 1.15 bits per heavy atom. The number of likely N-dealkylation sites (tertiary alicyclic amines) is 1. The Kier molecular flexibility index (Phi) is 6.58. The molecule has 1 saturated heterocycles. The van der Waals surface area contributed by atoms with Gasteiger partial charge in [0.1, 0.15) is 5.82 Å². The first-order chi connectivity index (χ1) is 13.0. The summed E-state index contributed by atoms with van der Waals surface area (Å²) in [7, 11) is 1.99. The van der Waals surface area contributed by atoms with E-state index in [0.717, 1.165) is 24.1 Å². The zero-order valence-corrected chi connectivity index (χ0v) is 15.7. The van der Waals surface area contributed by atoms with Crippen LogP contribution in [0.1, 0.15) is 24.0 Å². The van der Waals surface area contributed by atoms with Gasteiger partial charge in [0.25, 0.3) is 0 Å². The normalized spacial score (nSPS) is 20.9. The van der Waals surface area contributed by atoms with Crippen molar-refractivity contribution in [2.24, 2.45) is 0 Å². The number of hydrogen-bond donors (Lipinski definition) is 1. The average Bonchev–Trinajstić information content (AvgIpc) is 2.82. The summed E-state index contributed by atoms with van der Waals surface area (Å²) in [6.45, 7) is 1.99. The molecule has 27 heavy (non-hydrogen) atoms. The quantitative estimate of drug-likeness (QED) is 0.880. The molecule has 144 valence electrons. The number of nitrogens with zero attached hydrogens (tertiary/aromatic N) is 2. The number of halogens is 1. The molecule has 4 nitrogen and oxygen atoms in total. The third-order valence-corrected chi connectivity index (χ3v) is 5.14. The van der Waals surface area contributed by atoms with Gasteiger partial charge in [-0.2, -0.15) is 0 Å². The Hall–Kier alpha value is -2.24. The van der Waals surface area contributed by atoms with E-state index in [0.29, 0.717) is 19.5 Å². The molecule has 0 unspecified atom stereocenters. The molecule has 1 fully saturated rings. The fraction of sp³-hybridized carbons (Fsp3) is 0.409. The van der Waals surface area contributed by atoms with Gasteiger partial charge in [-0.05, 0) is 49.7 Å². The van der Waals surface area contributed by atoms with Gasteiger partial charge in [-0.25, -0.2) is 4.39 Å². The second-order valence-corrected chi connectivity index (χ2v) is 7.40. The van der Waals surface area contributed by atoms with E-state index in [1.165, 1.54) is 12.1 Å². The molecule has 0 radical (unpaired) electrons. The van der Waals surface area contributed by atoms with E-state index < -0.39 is 6.10 Å². The number of β-amino-alcohol motifs (C(OH)–C–C–N with tert-alkyl or cyclic N) is 1. The van der Waals surface area contributed by atoms with Crippen molar-refractivity contribution in [1.29, 1.82) is 0 Å². The highest BCUT2D eigenvalue weighted by atomic mass is 19.1. The van der Waals surface area contributed by atoms with Crippen LogP contribution in [-0.2, 0) is 17.8 Å². The molecule has 1 aliphatic rings. The molecule has 1 amide bonds. The van der Waals surface area contributed by atoms with Crippen LogP contribution in [-0.4, -0.2) is 53.1 Å². The fourth-order valence-electron chi connectivity index (χ4n) is 3.69. The minimum absolute atomic E-state index is 0.00668. The van der Waals surface area contributed by atoms with Gasteiger partial charge in [-0.15, -0.1) is 0 Å². The van der Waals surface area contributed by atoms with Crippen LogP contribution in [0.3, 0.4) is 0 Å². The Bertz CT molecular complexity index is 736. The molecular weight excluding hydrogens is 343 g/mol. The SMILES string of the molecule is CN1CC[C@H](N(Cc2ccccc2)C(=O)Cc2ccc(F)cc2)C[C@H](O)C1. The lowest BCUT2D eigenvalue weighted by molar-refractivity contribution is -0.134. The molecule has 0 aromatic heterocycles. The number of benzene rings is 2. The predicted octanol–water partition coefficient (Wildman–Crippen LogP) is 2.85. The largest absolute Gasteiger partial charge is 0.392 e. The van der Waals surface area contributed by atoms with E-state index in [4.69, 9.17) is 0 Å². The molecule has 2 atom stereocenters. The first-order valence-electron chi connectivity index (χ1n) is 9.45. The lowest BCUT2D eigenvalue weighted by Crippen LogP contribution is -2.42. The molecule has 1 aliphatic heterocycles. The number of aliphatic hydroxyl groups excluding tert-OH is 1. The van der Waals surface area contributed by atoms with Crippen LogP contribution in [0.2, 0.25) is 0 Å². The number of likely N-dealkylation sites (N-methyl/N-ethyl adjacent to an activating group) is 1. The second-order valence-electron chi connectivity index (χ2n) is 7.40. The summed E-state index contributed by atoms with van der Waals surface area (Å²) in [5.41, 5.74) is 1.86. The van der Waals surface area contributed by atoms with Gasteiger partial charge in [-0.3, -0.25) is 4.79 Å². The Morgan fingerprint density at radius 2 is 1.85 bits per heavy atom. The van der Waals surface area contributed by atoms with Crippen molar-refractivity contribution in [2.45, 2.75) is 38.0 Å². The van der Waals surface area contributed by atoms with E-state index in [2.05, 4.69) is 4.90 Å². The van der Waals surface area contributed by atoms with E-state index >= 15 is 0 Å². The van der Waals surface area contributed by atoms with E-state index in [9.17, 15) is 14.3 Å². The minimum atomic E-state index is -0.445. The average molecular weight is 370 g/mol. The van der Waals surface area contributed by atoms with Crippen molar-refractivity contribution >= 4 is 5.91 Å². The lowest BCUT2D eigenvalue weighted by atomic mass is 10.0. The molecule has 5 heteroatoms. The molecule has 1 N–H and O–H groups in total. The van der Waals surface area contributed by atoms with Gasteiger partial charge in [0, 0.05) is 19.1 Å². The highest BCUT2D eigenvalue weighted by molar-refractivity contribution is 5.79. The number of rotatable bonds is 5. The van der Waals surface area contributed by atoms with Gasteiger partial charge in [-0.1, -0.05) is 42.5 Å². The van der Waals surface area contributed by atoms with Gasteiger partial charge in [0.2, 0.25) is 5.91 Å². The summed E-state index contributed by atoms with van der Waals surface area (Å²) in [5.74, 6) is -0.297. The van der Waals surface area contributed by atoms with Crippen LogP contribution in [0.15, 0.2) is 54.6 Å². The van der Waals surface area contributed by atoms with Crippen LogP contribution in [0.4, 0.5) is 4.39 Å². The monoisotopic (exact) mass is 370 g/mol. The number of carbonyl (C=O) groups excluding carboxylic acids is 1. The van der Waals surface area contributed by atoms with Crippen molar-refractivity contribution in [1.82, 2.24) is 9.80 Å². The first-order valence-corrected chi connectivity index (χ1v) is 9.45. The maximum Gasteiger partial charge on any atom is 0.227 e. The Morgan fingerprint density at radius 3 is 2.56 bits per heavy atom. The summed E-state index contributed by atoms with van der Waals surface area (Å²) in [6.07, 6.45) is 1.19. The van der Waals surface area contributed by atoms with Crippen LogP contribution in [0.5, 0.6) is 0 Å². The zero-order valence-electron chi connectivity index (χ0n) is 15.7. The van der Waals surface area contributed by atoms with Gasteiger partial charge >= 0.3 is 0 Å². The summed E-state index contributed by atoms with van der Waals surface area (Å²) >= 11 is 0. The summed E-state index contributed by atoms with van der Waals surface area (Å²) in [6, 6.07) is 16.0. The van der Waals surface area contributed by atoms with Crippen LogP contribution >= 0.6 is 0 Å². The Labute approximate surface area is 160 Å². The summed E-state index contributed by atoms with van der Waals surface area (Å²) in [4.78, 5) is 17.1. The smallest absolute Gasteiger partial charge is 0.227 e. The topological polar surface area (TPSA) is 43.8 Å². The van der Waals surface area contributed by atoms with Crippen molar-refractivity contribution in [3.8, 4) is 0 Å². The maximum absolute atomic E-state index is 13.2. The van der Waals surface area contributed by atoms with Crippen LogP contribution in [0.25, 0.3) is 0 Å². The highest BCUT2D eigenvalue weighted by Crippen LogP contribution is 2.21. The summed E-state index contributed by atoms with van der Waals surface area (Å²) in [5, 5.41) is 10.3. The molecule has 0 aliphatic carbocycles. The standard InChI is InChI=1S/C22H27FN2O2/c1-24-12-11-20(14-21(26)16-24)25(15-18-5-3-2-4-6-18)22(27)13-17-7-9-19(23)10-8-17/h2-10,20-21,26H,11-16H2,1H3/t20-,21-/m0/s1. The van der Waals surface area contributed by atoms with Gasteiger partial charge < -0.3 is 14.9 Å². The predicted molar refractivity (Wildman–Crippen MR) is 104 cm³/mol. The van der Waals surface area contributed by atoms with Crippen molar-refractivity contribution in [3.05, 3.63) is 71.5 Å². The minimum Gasteiger partial charge on any atom is -0.392 e. The Balaban J connectivity index is 1.79. The fourth-order valence-corrected chi connectivity index (χ4v) is 3.69. The molecule has 3 rings (SSSR count). The van der Waals surface area contributed by atoms with E-state index in [1.807, 2.05) is 42.3 Å². The van der Waals surface area contributed by atoms with Crippen molar-refractivity contribution < 1.29 is 14.3 Å². The zero-order chi connectivity index (χ0) is 19.2. The molecule has 2 aromatic carbocycles. The number of amides is 1.